The van der Waals surface area contributed by atoms with Gasteiger partial charge in [0.05, 0.1) is 5.69 Å². The Morgan fingerprint density at radius 2 is 1.63 bits per heavy atom. The van der Waals surface area contributed by atoms with Gasteiger partial charge in [-0.15, -0.1) is 10.2 Å². The maximum atomic E-state index is 13.3. The molecule has 0 atom stereocenters. The Morgan fingerprint density at radius 1 is 0.889 bits per heavy atom. The fraction of sp³-hybridized carbons (Fsp3) is 0.0952. The first-order valence-electron chi connectivity index (χ1n) is 8.54. The minimum atomic E-state index is -0.285. The van der Waals surface area contributed by atoms with E-state index in [1.54, 1.807) is 12.1 Å². The molecule has 0 saturated heterocycles. The summed E-state index contributed by atoms with van der Waals surface area (Å²) in [6.45, 7) is 0. The summed E-state index contributed by atoms with van der Waals surface area (Å²) >= 11 is 0. The van der Waals surface area contributed by atoms with Crippen molar-refractivity contribution in [3.8, 4) is 11.3 Å². The Labute approximate surface area is 156 Å². The zero-order valence-corrected chi connectivity index (χ0v) is 15.0. The van der Waals surface area contributed by atoms with Gasteiger partial charge in [-0.1, -0.05) is 6.07 Å². The van der Waals surface area contributed by atoms with Crippen LogP contribution in [-0.4, -0.2) is 23.5 Å². The van der Waals surface area contributed by atoms with Crippen LogP contribution in [0.1, 0.15) is 0 Å². The summed E-state index contributed by atoms with van der Waals surface area (Å²) in [4.78, 5) is 6.67. The Balaban J connectivity index is 1.77. The predicted molar refractivity (Wildman–Crippen MR) is 106 cm³/mol. The molecule has 0 fully saturated rings. The Kier molecular flexibility index (Phi) is 4.38. The van der Waals surface area contributed by atoms with Gasteiger partial charge in [-0.3, -0.25) is 4.40 Å². The van der Waals surface area contributed by atoms with E-state index in [1.807, 2.05) is 72.1 Å². The van der Waals surface area contributed by atoms with Gasteiger partial charge in [0.25, 0.3) is 0 Å². The number of fused-ring (bicyclic) bond motifs is 1. The van der Waals surface area contributed by atoms with E-state index in [9.17, 15) is 4.39 Å². The third-order valence-corrected chi connectivity index (χ3v) is 4.25. The maximum absolute atomic E-state index is 13.3. The largest absolute Gasteiger partial charge is 0.378 e. The van der Waals surface area contributed by atoms with Crippen molar-refractivity contribution in [1.29, 1.82) is 0 Å². The van der Waals surface area contributed by atoms with Crippen LogP contribution < -0.4 is 4.90 Å². The molecule has 0 bridgehead atoms. The number of aromatic nitrogens is 2. The lowest BCUT2D eigenvalue weighted by atomic mass is 10.1. The number of imidazole rings is 1. The van der Waals surface area contributed by atoms with Crippen LogP contribution in [0.4, 0.5) is 21.6 Å². The van der Waals surface area contributed by atoms with Crippen LogP contribution in [0.5, 0.6) is 0 Å². The van der Waals surface area contributed by atoms with Crippen molar-refractivity contribution in [1.82, 2.24) is 9.38 Å². The van der Waals surface area contributed by atoms with Gasteiger partial charge in [0, 0.05) is 31.5 Å². The van der Waals surface area contributed by atoms with Crippen LogP contribution in [-0.2, 0) is 0 Å². The highest BCUT2D eigenvalue weighted by Crippen LogP contribution is 2.32. The third kappa shape index (κ3) is 3.42. The summed E-state index contributed by atoms with van der Waals surface area (Å²) in [5.74, 6) is 0.320. The second-order valence-corrected chi connectivity index (χ2v) is 6.33. The number of pyridine rings is 1. The number of azo groups is 1. The van der Waals surface area contributed by atoms with E-state index in [-0.39, 0.29) is 5.82 Å². The Hall–Kier alpha value is -3.54. The fourth-order valence-corrected chi connectivity index (χ4v) is 2.80. The molecular formula is C21H18FN5. The molecule has 2 aromatic carbocycles. The quantitative estimate of drug-likeness (QED) is 0.444. The Bertz CT molecular complexity index is 1100. The molecule has 4 aromatic rings. The number of anilines is 1. The van der Waals surface area contributed by atoms with Crippen molar-refractivity contribution in [2.24, 2.45) is 10.2 Å². The molecule has 6 heteroatoms. The fourth-order valence-electron chi connectivity index (χ4n) is 2.80. The molecule has 0 aliphatic carbocycles. The second-order valence-electron chi connectivity index (χ2n) is 6.33. The zero-order valence-electron chi connectivity index (χ0n) is 15.0. The molecular weight excluding hydrogens is 341 g/mol. The van der Waals surface area contributed by atoms with Crippen molar-refractivity contribution >= 4 is 22.8 Å². The third-order valence-electron chi connectivity index (χ3n) is 4.25. The van der Waals surface area contributed by atoms with Gasteiger partial charge in [-0.05, 0) is 60.7 Å². The molecule has 134 valence electrons. The topological polar surface area (TPSA) is 45.3 Å². The van der Waals surface area contributed by atoms with E-state index in [2.05, 4.69) is 15.2 Å². The summed E-state index contributed by atoms with van der Waals surface area (Å²) in [7, 11) is 3.98. The van der Waals surface area contributed by atoms with Gasteiger partial charge in [0.15, 0.2) is 5.82 Å². The van der Waals surface area contributed by atoms with Gasteiger partial charge in [0.2, 0.25) is 0 Å². The van der Waals surface area contributed by atoms with Crippen LogP contribution in [0.25, 0.3) is 16.9 Å². The lowest BCUT2D eigenvalue weighted by Crippen LogP contribution is -2.07. The summed E-state index contributed by atoms with van der Waals surface area (Å²) in [5.41, 5.74) is 4.05. The maximum Gasteiger partial charge on any atom is 0.187 e. The van der Waals surface area contributed by atoms with Crippen molar-refractivity contribution < 1.29 is 4.39 Å². The average Bonchev–Trinajstić information content (AvgIpc) is 3.06. The lowest BCUT2D eigenvalue weighted by Gasteiger charge is -2.11. The predicted octanol–water partition coefficient (Wildman–Crippen LogP) is 5.62. The van der Waals surface area contributed by atoms with Crippen molar-refractivity contribution in [3.63, 3.8) is 0 Å². The normalized spacial score (nSPS) is 11.4. The molecule has 27 heavy (non-hydrogen) atoms. The summed E-state index contributed by atoms with van der Waals surface area (Å²) < 4.78 is 15.2. The molecule has 5 nitrogen and oxygen atoms in total. The molecule has 0 N–H and O–H groups in total. The molecule has 0 aliphatic rings. The molecule has 4 rings (SSSR count). The highest BCUT2D eigenvalue weighted by Gasteiger charge is 2.13. The molecule has 0 amide bonds. The number of nitrogens with zero attached hydrogens (tertiary/aromatic N) is 5. The van der Waals surface area contributed by atoms with Crippen LogP contribution in [0.2, 0.25) is 0 Å². The number of rotatable bonds is 4. The number of hydrogen-bond acceptors (Lipinski definition) is 4. The molecule has 0 radical (unpaired) electrons. The minimum Gasteiger partial charge on any atom is -0.378 e. The van der Waals surface area contributed by atoms with Crippen LogP contribution in [0.3, 0.4) is 0 Å². The molecule has 2 heterocycles. The van der Waals surface area contributed by atoms with E-state index < -0.39 is 0 Å². The molecule has 0 aliphatic heterocycles. The van der Waals surface area contributed by atoms with Crippen molar-refractivity contribution in [2.75, 3.05) is 19.0 Å². The number of benzene rings is 2. The highest BCUT2D eigenvalue weighted by atomic mass is 19.1. The number of halogens is 1. The highest BCUT2D eigenvalue weighted by molar-refractivity contribution is 5.74. The first-order chi connectivity index (χ1) is 13.1. The molecule has 0 unspecified atom stereocenters. The van der Waals surface area contributed by atoms with Crippen LogP contribution in [0.15, 0.2) is 83.2 Å². The first kappa shape index (κ1) is 16.9. The summed E-state index contributed by atoms with van der Waals surface area (Å²) in [5, 5.41) is 8.83. The van der Waals surface area contributed by atoms with Gasteiger partial charge in [-0.2, -0.15) is 0 Å². The number of hydrogen-bond donors (Lipinski definition) is 0. The summed E-state index contributed by atoms with van der Waals surface area (Å²) in [6, 6.07) is 19.8. The first-order valence-corrected chi connectivity index (χ1v) is 8.54. The second kappa shape index (κ2) is 6.99. The molecule has 0 saturated carbocycles. The molecule has 2 aromatic heterocycles. The van der Waals surface area contributed by atoms with Gasteiger partial charge < -0.3 is 4.90 Å². The van der Waals surface area contributed by atoms with Crippen molar-refractivity contribution in [2.45, 2.75) is 0 Å². The van der Waals surface area contributed by atoms with E-state index >= 15 is 0 Å². The van der Waals surface area contributed by atoms with Gasteiger partial charge in [-0.25, -0.2) is 9.37 Å². The van der Waals surface area contributed by atoms with E-state index in [0.29, 0.717) is 11.5 Å². The van der Waals surface area contributed by atoms with E-state index in [4.69, 9.17) is 0 Å². The van der Waals surface area contributed by atoms with Crippen molar-refractivity contribution in [3.05, 3.63) is 78.7 Å². The van der Waals surface area contributed by atoms with Crippen LogP contribution in [0, 0.1) is 5.82 Å². The lowest BCUT2D eigenvalue weighted by molar-refractivity contribution is 0.628. The Morgan fingerprint density at radius 3 is 2.33 bits per heavy atom. The SMILES string of the molecule is CN(C)c1ccc(N=Nc2c(-c3ccc(F)cc3)nc3ccccn23)cc1. The van der Waals surface area contributed by atoms with Gasteiger partial charge in [0.1, 0.15) is 17.2 Å². The zero-order chi connectivity index (χ0) is 18.8. The van der Waals surface area contributed by atoms with E-state index in [0.717, 1.165) is 22.6 Å². The van der Waals surface area contributed by atoms with Gasteiger partial charge >= 0.3 is 0 Å². The standard InChI is InChI=1S/C21H18FN5/c1-26(2)18-12-10-17(11-13-18)24-25-21-20(15-6-8-16(22)9-7-15)23-19-5-3-4-14-27(19)21/h3-14H,1-2H3. The summed E-state index contributed by atoms with van der Waals surface area (Å²) in [6.07, 6.45) is 1.89. The monoisotopic (exact) mass is 359 g/mol. The minimum absolute atomic E-state index is 0.285. The smallest absolute Gasteiger partial charge is 0.187 e. The van der Waals surface area contributed by atoms with Crippen LogP contribution >= 0.6 is 0 Å². The average molecular weight is 359 g/mol. The molecule has 0 spiro atoms. The van der Waals surface area contributed by atoms with E-state index in [1.165, 1.54) is 12.1 Å².